The van der Waals surface area contributed by atoms with Gasteiger partial charge in [-0.25, -0.2) is 19.9 Å². The molecule has 0 aliphatic heterocycles. The molecule has 0 amide bonds. The molecule has 1 N–H and O–H groups in total. The SMILES string of the molecule is CC.CC.CC(C)(C)c1ccc2[nH]c3ccc(C(C)(C)C)cc3c2c1.CC(C)(C)c1ccc2c(c1)c1cc(C(C)(C)C)ccc1n2-c1ccc(C(=O)c2ccc(-n3c4ccc(C(C)(C)C)cc4c4cc(C(C)(C)C)ccc43)nc2)cn1.O=C(c1ccc(Br)nc1)c1ccc(Br)nc1. The summed E-state index contributed by atoms with van der Waals surface area (Å²) in [5.41, 5.74) is 17.4. The Morgan fingerprint density at radius 1 is 0.299 bits per heavy atom. The van der Waals surface area contributed by atoms with E-state index in [1.165, 1.54) is 89.1 Å². The fraction of sp³-hybridized carbons (Fsp3) is 0.326. The Bertz CT molecular complexity index is 4540. The van der Waals surface area contributed by atoms with Crippen LogP contribution in [0.2, 0.25) is 0 Å². The van der Waals surface area contributed by atoms with E-state index < -0.39 is 0 Å². The molecule has 502 valence electrons. The third-order valence-corrected chi connectivity index (χ3v) is 18.7. The molecule has 0 fully saturated rings. The summed E-state index contributed by atoms with van der Waals surface area (Å²) in [4.78, 5) is 47.2. The summed E-state index contributed by atoms with van der Waals surface area (Å²) in [6.07, 6.45) is 6.47. The third-order valence-electron chi connectivity index (χ3n) is 17.8. The Morgan fingerprint density at radius 2 is 0.526 bits per heavy atom. The number of halogens is 2. The highest BCUT2D eigenvalue weighted by Gasteiger charge is 2.25. The molecule has 0 atom stereocenters. The van der Waals surface area contributed by atoms with Crippen LogP contribution >= 0.6 is 31.9 Å². The van der Waals surface area contributed by atoms with Gasteiger partial charge in [-0.2, -0.15) is 0 Å². The number of carbonyl (C=O) groups excluding carboxylic acids is 2. The van der Waals surface area contributed by atoms with E-state index in [0.29, 0.717) is 31.5 Å². The Morgan fingerprint density at radius 3 is 0.742 bits per heavy atom. The molecule has 13 rings (SSSR count). The number of benzene rings is 6. The lowest BCUT2D eigenvalue weighted by atomic mass is 9.85. The maximum atomic E-state index is 13.9. The lowest BCUT2D eigenvalue weighted by Crippen LogP contribution is -2.10. The lowest BCUT2D eigenvalue weighted by Gasteiger charge is -2.19. The number of H-pyrrole nitrogens is 1. The Kier molecular flexibility index (Phi) is 21.2. The van der Waals surface area contributed by atoms with Gasteiger partial charge in [0.25, 0.3) is 0 Å². The van der Waals surface area contributed by atoms with Crippen molar-refractivity contribution in [2.24, 2.45) is 0 Å². The third kappa shape index (κ3) is 15.8. The van der Waals surface area contributed by atoms with Crippen LogP contribution in [-0.2, 0) is 32.5 Å². The normalized spacial score (nSPS) is 12.2. The number of nitrogens with zero attached hydrogens (tertiary/aromatic N) is 6. The fourth-order valence-electron chi connectivity index (χ4n) is 11.9. The molecule has 0 radical (unpaired) electrons. The molecule has 11 heteroatoms. The molecular weight excluding hydrogens is 1320 g/mol. The van der Waals surface area contributed by atoms with E-state index in [-0.39, 0.29) is 44.1 Å². The lowest BCUT2D eigenvalue weighted by molar-refractivity contribution is 0.103. The van der Waals surface area contributed by atoms with E-state index in [9.17, 15) is 9.59 Å². The van der Waals surface area contributed by atoms with Crippen molar-refractivity contribution in [3.8, 4) is 11.6 Å². The predicted octanol–water partition coefficient (Wildman–Crippen LogP) is 24.3. The van der Waals surface area contributed by atoms with E-state index >= 15 is 0 Å². The van der Waals surface area contributed by atoms with Gasteiger partial charge in [-0.05, 0) is 219 Å². The van der Waals surface area contributed by atoms with Crippen molar-refractivity contribution in [2.75, 3.05) is 0 Å². The first-order valence-electron chi connectivity index (χ1n) is 34.0. The Hall–Kier alpha value is -8.38. The minimum Gasteiger partial charge on any atom is -0.355 e. The number of aromatic amines is 1. The topological polar surface area (TPSA) is 111 Å². The molecule has 13 aromatic rings. The number of ketones is 2. The highest BCUT2D eigenvalue weighted by Crippen LogP contribution is 2.41. The van der Waals surface area contributed by atoms with Gasteiger partial charge in [0, 0.05) is 90.4 Å². The molecule has 0 saturated heterocycles. The molecule has 0 spiro atoms. The van der Waals surface area contributed by atoms with Crippen LogP contribution in [0.4, 0.5) is 0 Å². The van der Waals surface area contributed by atoms with Crippen molar-refractivity contribution < 1.29 is 9.59 Å². The van der Waals surface area contributed by atoms with Crippen LogP contribution in [0, 0.1) is 0 Å². The quantitative estimate of drug-likeness (QED) is 0.131. The van der Waals surface area contributed by atoms with Crippen LogP contribution in [0.15, 0.2) is 192 Å². The van der Waals surface area contributed by atoms with Gasteiger partial charge in [0.2, 0.25) is 0 Å². The zero-order valence-electron chi connectivity index (χ0n) is 61.1. The molecule has 9 nitrogen and oxygen atoms in total. The smallest absolute Gasteiger partial charge is 0.196 e. The van der Waals surface area contributed by atoms with E-state index in [2.05, 4.69) is 290 Å². The van der Waals surface area contributed by atoms with E-state index in [0.717, 1.165) is 33.7 Å². The fourth-order valence-corrected chi connectivity index (χ4v) is 12.4. The van der Waals surface area contributed by atoms with Gasteiger partial charge < -0.3 is 4.98 Å². The van der Waals surface area contributed by atoms with Crippen LogP contribution in [0.5, 0.6) is 0 Å². The molecule has 0 unspecified atom stereocenters. The summed E-state index contributed by atoms with van der Waals surface area (Å²) in [5.74, 6) is 1.36. The maximum absolute atomic E-state index is 13.9. The summed E-state index contributed by atoms with van der Waals surface area (Å²) < 4.78 is 5.85. The van der Waals surface area contributed by atoms with Gasteiger partial charge in [-0.15, -0.1) is 0 Å². The minimum atomic E-state index is -0.109. The van der Waals surface area contributed by atoms with Gasteiger partial charge in [-0.3, -0.25) is 18.7 Å². The largest absolute Gasteiger partial charge is 0.355 e. The number of rotatable bonds is 6. The second-order valence-electron chi connectivity index (χ2n) is 31.0. The molecule has 97 heavy (non-hydrogen) atoms. The van der Waals surface area contributed by atoms with E-state index in [4.69, 9.17) is 9.97 Å². The van der Waals surface area contributed by atoms with Crippen LogP contribution in [0.3, 0.4) is 0 Å². The molecule has 0 bridgehead atoms. The number of hydrogen-bond acceptors (Lipinski definition) is 6. The average molecular weight is 1420 g/mol. The second kappa shape index (κ2) is 28.2. The van der Waals surface area contributed by atoms with Crippen molar-refractivity contribution in [3.63, 3.8) is 0 Å². The van der Waals surface area contributed by atoms with Crippen LogP contribution < -0.4 is 0 Å². The zero-order chi connectivity index (χ0) is 71.1. The standard InChI is InChI=1S/C51H54N4O.C20H25N.C11H6Br2N2O.2C2H6/c1-48(2,3)33-15-19-41-37(25-33)38-26-34(49(4,5)6)16-20-42(38)54(41)45-23-13-31(29-52-45)47(56)32-14-24-46(53-30-32)55-43-21-17-35(50(7,8)9)27-39(43)40-28-36(51(10,11)12)18-22-44(40)55;1-19(2,3)13-7-9-17-15(11-13)16-12-14(20(4,5)6)8-10-18(16)21-17;12-9-3-1-7(5-14-9)11(16)8-2-4-10(13)15-6-8;2*1-2/h13-30H,1-12H3;7-12,21H,1-6H3;1-6H;2*1-2H3. The highest BCUT2D eigenvalue weighted by atomic mass is 79.9. The molecule has 7 heterocycles. The van der Waals surface area contributed by atoms with Crippen molar-refractivity contribution in [2.45, 2.75) is 185 Å². The number of hydrogen-bond donors (Lipinski definition) is 1. The molecule has 6 aromatic carbocycles. The van der Waals surface area contributed by atoms with Crippen molar-refractivity contribution >= 4 is 109 Å². The summed E-state index contributed by atoms with van der Waals surface area (Å²) >= 11 is 6.44. The molecule has 0 aliphatic carbocycles. The average Bonchev–Trinajstić information content (AvgIpc) is 1.60. The highest BCUT2D eigenvalue weighted by molar-refractivity contribution is 9.10. The number of carbonyl (C=O) groups is 2. The monoisotopic (exact) mass is 1420 g/mol. The van der Waals surface area contributed by atoms with E-state index in [1.54, 1.807) is 36.7 Å². The number of nitrogens with one attached hydrogen (secondary N) is 1. The predicted molar refractivity (Wildman–Crippen MR) is 419 cm³/mol. The van der Waals surface area contributed by atoms with Crippen LogP contribution in [-0.4, -0.2) is 45.6 Å². The molecular formula is C86H97Br2N7O2. The van der Waals surface area contributed by atoms with Gasteiger partial charge in [0.15, 0.2) is 11.6 Å². The van der Waals surface area contributed by atoms with Crippen LogP contribution in [0.25, 0.3) is 77.1 Å². The van der Waals surface area contributed by atoms with Gasteiger partial charge >= 0.3 is 0 Å². The summed E-state index contributed by atoms with van der Waals surface area (Å²) in [5, 5.41) is 7.50. The number of aromatic nitrogens is 7. The summed E-state index contributed by atoms with van der Waals surface area (Å²) in [6.45, 7) is 48.6. The molecule has 0 aliphatic rings. The van der Waals surface area contributed by atoms with Gasteiger partial charge in [0.1, 0.15) is 20.8 Å². The first-order chi connectivity index (χ1) is 45.5. The number of pyridine rings is 4. The number of fused-ring (bicyclic) bond motifs is 9. The summed E-state index contributed by atoms with van der Waals surface area (Å²) in [7, 11) is 0. The minimum absolute atomic E-state index is 0.0212. The zero-order valence-corrected chi connectivity index (χ0v) is 64.2. The van der Waals surface area contributed by atoms with Crippen LogP contribution in [0.1, 0.15) is 218 Å². The first kappa shape index (κ1) is 72.9. The molecule has 7 aromatic heterocycles. The van der Waals surface area contributed by atoms with Gasteiger partial charge in [0.05, 0.1) is 22.1 Å². The molecule has 0 saturated carbocycles. The van der Waals surface area contributed by atoms with Crippen molar-refractivity contribution in [1.82, 2.24) is 34.1 Å². The summed E-state index contributed by atoms with van der Waals surface area (Å²) in [6, 6.07) is 55.3. The second-order valence-corrected chi connectivity index (χ2v) is 32.6. The maximum Gasteiger partial charge on any atom is 0.196 e. The Balaban J connectivity index is 0.000000217. The Labute approximate surface area is 592 Å². The first-order valence-corrected chi connectivity index (χ1v) is 35.6. The van der Waals surface area contributed by atoms with E-state index in [1.807, 2.05) is 52.0 Å². The van der Waals surface area contributed by atoms with Crippen molar-refractivity contribution in [3.05, 3.63) is 247 Å². The van der Waals surface area contributed by atoms with Gasteiger partial charge in [-0.1, -0.05) is 189 Å². The van der Waals surface area contributed by atoms with Crippen molar-refractivity contribution in [1.29, 1.82) is 0 Å².